The summed E-state index contributed by atoms with van der Waals surface area (Å²) in [6, 6.07) is 6.51. The molecule has 1 heterocycles. The average Bonchev–Trinajstić information content (AvgIpc) is 2.81. The molecule has 1 aromatic heterocycles. The van der Waals surface area contributed by atoms with E-state index in [4.69, 9.17) is 0 Å². The first kappa shape index (κ1) is 14.7. The van der Waals surface area contributed by atoms with Gasteiger partial charge in [-0.15, -0.1) is 11.3 Å². The van der Waals surface area contributed by atoms with E-state index in [1.165, 1.54) is 17.4 Å². The van der Waals surface area contributed by atoms with Gasteiger partial charge >= 0.3 is 0 Å². The highest BCUT2D eigenvalue weighted by Gasteiger charge is 2.21. The van der Waals surface area contributed by atoms with Crippen LogP contribution in [0.15, 0.2) is 24.3 Å². The van der Waals surface area contributed by atoms with E-state index in [0.717, 1.165) is 11.4 Å². The van der Waals surface area contributed by atoms with Crippen molar-refractivity contribution in [1.82, 2.24) is 10.3 Å². The molecule has 1 atom stereocenters. The second kappa shape index (κ2) is 6.13. The summed E-state index contributed by atoms with van der Waals surface area (Å²) in [5, 5.41) is 3.62. The van der Waals surface area contributed by atoms with E-state index in [0.29, 0.717) is 16.1 Å². The molecule has 1 aromatic carbocycles. The van der Waals surface area contributed by atoms with Crippen LogP contribution in [0, 0.1) is 12.7 Å². The first-order chi connectivity index (χ1) is 9.52. The van der Waals surface area contributed by atoms with Crippen molar-refractivity contribution >= 4 is 17.2 Å². The number of halogens is 1. The lowest BCUT2D eigenvalue weighted by Crippen LogP contribution is -2.32. The van der Waals surface area contributed by atoms with Crippen LogP contribution in [0.3, 0.4) is 0 Å². The topological polar surface area (TPSA) is 42.0 Å². The fourth-order valence-electron chi connectivity index (χ4n) is 1.80. The van der Waals surface area contributed by atoms with Crippen molar-refractivity contribution in [3.63, 3.8) is 0 Å². The summed E-state index contributed by atoms with van der Waals surface area (Å²) in [4.78, 5) is 17.1. The molecule has 1 N–H and O–H groups in total. The van der Waals surface area contributed by atoms with Gasteiger partial charge in [0.15, 0.2) is 0 Å². The number of amides is 1. The molecule has 0 aliphatic rings. The van der Waals surface area contributed by atoms with Gasteiger partial charge in [-0.3, -0.25) is 4.79 Å². The summed E-state index contributed by atoms with van der Waals surface area (Å²) >= 11 is 1.33. The molecule has 5 heteroatoms. The van der Waals surface area contributed by atoms with Crippen molar-refractivity contribution in [3.8, 4) is 10.4 Å². The molecule has 0 fully saturated rings. The zero-order valence-electron chi connectivity index (χ0n) is 11.7. The van der Waals surface area contributed by atoms with Crippen LogP contribution < -0.4 is 5.32 Å². The van der Waals surface area contributed by atoms with Crippen LogP contribution >= 0.6 is 11.3 Å². The summed E-state index contributed by atoms with van der Waals surface area (Å²) in [7, 11) is 0. The highest BCUT2D eigenvalue weighted by atomic mass is 32.1. The Kier molecular flexibility index (Phi) is 4.49. The second-order valence-corrected chi connectivity index (χ2v) is 5.88. The lowest BCUT2D eigenvalue weighted by molar-refractivity contribution is 0.0935. The second-order valence-electron chi connectivity index (χ2n) is 4.67. The van der Waals surface area contributed by atoms with Gasteiger partial charge in [-0.05, 0) is 26.3 Å². The molecule has 106 valence electrons. The molecule has 0 bridgehead atoms. The van der Waals surface area contributed by atoms with Gasteiger partial charge < -0.3 is 5.32 Å². The number of carbonyl (C=O) groups excluding carboxylic acids is 1. The van der Waals surface area contributed by atoms with Gasteiger partial charge in [0.2, 0.25) is 0 Å². The smallest absolute Gasteiger partial charge is 0.271 e. The average molecular weight is 292 g/mol. The number of hydrogen-bond acceptors (Lipinski definition) is 3. The molecule has 0 saturated carbocycles. The molecule has 20 heavy (non-hydrogen) atoms. The lowest BCUT2D eigenvalue weighted by Gasteiger charge is -2.11. The molecule has 3 nitrogen and oxygen atoms in total. The molecular formula is C15H17FN2OS. The molecule has 0 saturated heterocycles. The summed E-state index contributed by atoms with van der Waals surface area (Å²) in [6.45, 7) is 5.74. The Bertz CT molecular complexity index is 624. The van der Waals surface area contributed by atoms with Gasteiger partial charge in [0.25, 0.3) is 5.91 Å². The van der Waals surface area contributed by atoms with E-state index in [2.05, 4.69) is 10.3 Å². The van der Waals surface area contributed by atoms with E-state index < -0.39 is 0 Å². The molecule has 0 aliphatic heterocycles. The first-order valence-electron chi connectivity index (χ1n) is 6.56. The van der Waals surface area contributed by atoms with E-state index in [-0.39, 0.29) is 17.8 Å². The van der Waals surface area contributed by atoms with Crippen LogP contribution in [0.2, 0.25) is 0 Å². The van der Waals surface area contributed by atoms with E-state index >= 15 is 0 Å². The number of nitrogens with zero attached hydrogens (tertiary/aromatic N) is 1. The highest BCUT2D eigenvalue weighted by molar-refractivity contribution is 7.15. The summed E-state index contributed by atoms with van der Waals surface area (Å²) in [5.74, 6) is -0.587. The normalized spacial score (nSPS) is 12.2. The first-order valence-corrected chi connectivity index (χ1v) is 7.37. The molecular weight excluding hydrogens is 275 g/mol. The van der Waals surface area contributed by atoms with Gasteiger partial charge in [0, 0.05) is 11.6 Å². The standard InChI is InChI=1S/C15H17FN2OS/c1-4-9(2)17-15(19)13-14(20-10(3)18-13)11-7-5-6-8-12(11)16/h5-9H,4H2,1-3H3,(H,17,19). The fourth-order valence-corrected chi connectivity index (χ4v) is 2.75. The maximum atomic E-state index is 13.9. The summed E-state index contributed by atoms with van der Waals surface area (Å²) in [5.41, 5.74) is 0.727. The Hall–Kier alpha value is -1.75. The predicted molar refractivity (Wildman–Crippen MR) is 79.5 cm³/mol. The molecule has 2 rings (SSSR count). The number of carbonyl (C=O) groups is 1. The maximum Gasteiger partial charge on any atom is 0.271 e. The van der Waals surface area contributed by atoms with Gasteiger partial charge in [0.1, 0.15) is 11.5 Å². The predicted octanol–water partition coefficient (Wildman–Crippen LogP) is 3.79. The van der Waals surface area contributed by atoms with Crippen LogP contribution in [0.1, 0.15) is 35.8 Å². The van der Waals surface area contributed by atoms with Gasteiger partial charge in [-0.2, -0.15) is 0 Å². The van der Waals surface area contributed by atoms with E-state index in [9.17, 15) is 9.18 Å². The van der Waals surface area contributed by atoms with E-state index in [1.807, 2.05) is 20.8 Å². The lowest BCUT2D eigenvalue weighted by atomic mass is 10.1. The minimum atomic E-state index is -0.339. The van der Waals surface area contributed by atoms with Crippen LogP contribution in [-0.2, 0) is 0 Å². The zero-order chi connectivity index (χ0) is 14.7. The quantitative estimate of drug-likeness (QED) is 0.931. The summed E-state index contributed by atoms with van der Waals surface area (Å²) < 4.78 is 13.9. The Morgan fingerprint density at radius 3 is 2.80 bits per heavy atom. The van der Waals surface area contributed by atoms with Crippen molar-refractivity contribution in [2.24, 2.45) is 0 Å². The maximum absolute atomic E-state index is 13.9. The van der Waals surface area contributed by atoms with Crippen molar-refractivity contribution in [3.05, 3.63) is 40.8 Å². The van der Waals surface area contributed by atoms with Crippen molar-refractivity contribution < 1.29 is 9.18 Å². The summed E-state index contributed by atoms with van der Waals surface area (Å²) in [6.07, 6.45) is 0.837. The van der Waals surface area contributed by atoms with Crippen LogP contribution in [0.4, 0.5) is 4.39 Å². The van der Waals surface area contributed by atoms with Gasteiger partial charge in [-0.1, -0.05) is 25.1 Å². The molecule has 1 amide bonds. The minimum absolute atomic E-state index is 0.0676. The SMILES string of the molecule is CCC(C)NC(=O)c1nc(C)sc1-c1ccccc1F. The number of nitrogens with one attached hydrogen (secondary N) is 1. The Balaban J connectivity index is 2.41. The number of aryl methyl sites for hydroxylation is 1. The van der Waals surface area contributed by atoms with Gasteiger partial charge in [-0.25, -0.2) is 9.37 Å². The van der Waals surface area contributed by atoms with Crippen molar-refractivity contribution in [2.75, 3.05) is 0 Å². The number of hydrogen-bond donors (Lipinski definition) is 1. The van der Waals surface area contributed by atoms with Gasteiger partial charge in [0.05, 0.1) is 9.88 Å². The largest absolute Gasteiger partial charge is 0.348 e. The zero-order valence-corrected chi connectivity index (χ0v) is 12.6. The molecule has 0 aliphatic carbocycles. The Morgan fingerprint density at radius 2 is 2.15 bits per heavy atom. The van der Waals surface area contributed by atoms with Crippen LogP contribution in [0.5, 0.6) is 0 Å². The Labute approximate surface area is 121 Å². The van der Waals surface area contributed by atoms with E-state index in [1.54, 1.807) is 18.2 Å². The number of benzene rings is 1. The monoisotopic (exact) mass is 292 g/mol. The number of rotatable bonds is 4. The molecule has 2 aromatic rings. The molecule has 1 unspecified atom stereocenters. The third kappa shape index (κ3) is 3.04. The number of thiazole rings is 1. The number of aromatic nitrogens is 1. The third-order valence-corrected chi connectivity index (χ3v) is 4.06. The van der Waals surface area contributed by atoms with Crippen LogP contribution in [0.25, 0.3) is 10.4 Å². The van der Waals surface area contributed by atoms with Crippen LogP contribution in [-0.4, -0.2) is 16.9 Å². The fraction of sp³-hybridized carbons (Fsp3) is 0.333. The minimum Gasteiger partial charge on any atom is -0.348 e. The van der Waals surface area contributed by atoms with Crippen molar-refractivity contribution in [2.45, 2.75) is 33.2 Å². The van der Waals surface area contributed by atoms with Crippen molar-refractivity contribution in [1.29, 1.82) is 0 Å². The molecule has 0 radical (unpaired) electrons. The molecule has 0 spiro atoms. The Morgan fingerprint density at radius 1 is 1.45 bits per heavy atom. The highest BCUT2D eigenvalue weighted by Crippen LogP contribution is 2.32. The third-order valence-electron chi connectivity index (χ3n) is 3.06.